The van der Waals surface area contributed by atoms with Crippen LogP contribution in [0.2, 0.25) is 0 Å². The lowest BCUT2D eigenvalue weighted by Gasteiger charge is -2.16. The maximum absolute atomic E-state index is 13.6. The Labute approximate surface area is 138 Å². The molecule has 0 aliphatic carbocycles. The van der Waals surface area contributed by atoms with Crippen molar-refractivity contribution in [2.24, 2.45) is 5.73 Å². The van der Waals surface area contributed by atoms with E-state index in [1.54, 1.807) is 0 Å². The molecular formula is C17H21F3N2O2. The first kappa shape index (κ1) is 19.7. The fourth-order valence-corrected chi connectivity index (χ4v) is 2.27. The van der Waals surface area contributed by atoms with Crippen LogP contribution in [0, 0.1) is 17.5 Å². The van der Waals surface area contributed by atoms with Crippen molar-refractivity contribution in [2.75, 3.05) is 0 Å². The molecule has 7 heteroatoms. The molecule has 2 amide bonds. The highest BCUT2D eigenvalue weighted by Crippen LogP contribution is 2.15. The second kappa shape index (κ2) is 9.75. The third kappa shape index (κ3) is 6.06. The molecule has 0 radical (unpaired) electrons. The SMILES string of the molecule is C=CCCCCCC[C@H](NC(=O)c1c(F)cc(F)cc1F)C(N)=O. The minimum atomic E-state index is -1.34. The molecule has 0 spiro atoms. The molecule has 3 N–H and O–H groups in total. The topological polar surface area (TPSA) is 72.2 Å². The normalized spacial score (nSPS) is 11.8. The van der Waals surface area contributed by atoms with E-state index in [-0.39, 0.29) is 6.42 Å². The van der Waals surface area contributed by atoms with E-state index >= 15 is 0 Å². The molecule has 0 aliphatic rings. The number of hydrogen-bond acceptors (Lipinski definition) is 2. The van der Waals surface area contributed by atoms with E-state index in [1.165, 1.54) is 0 Å². The van der Waals surface area contributed by atoms with Gasteiger partial charge in [-0.2, -0.15) is 0 Å². The maximum atomic E-state index is 13.6. The second-order valence-corrected chi connectivity index (χ2v) is 5.45. The third-order valence-corrected chi connectivity index (χ3v) is 3.53. The van der Waals surface area contributed by atoms with Crippen molar-refractivity contribution in [3.8, 4) is 0 Å². The van der Waals surface area contributed by atoms with Gasteiger partial charge in [-0.15, -0.1) is 6.58 Å². The number of nitrogens with two attached hydrogens (primary N) is 1. The number of primary amides is 1. The lowest BCUT2D eigenvalue weighted by Crippen LogP contribution is -2.44. The molecule has 1 aromatic carbocycles. The lowest BCUT2D eigenvalue weighted by atomic mass is 10.0. The van der Waals surface area contributed by atoms with Crippen LogP contribution in [-0.2, 0) is 4.79 Å². The zero-order valence-electron chi connectivity index (χ0n) is 13.3. The Balaban J connectivity index is 2.63. The van der Waals surface area contributed by atoms with Crippen molar-refractivity contribution < 1.29 is 22.8 Å². The number of carbonyl (C=O) groups is 2. The number of halogens is 3. The molecule has 1 rings (SSSR count). The smallest absolute Gasteiger partial charge is 0.257 e. The first-order valence-corrected chi connectivity index (χ1v) is 7.72. The molecule has 1 aromatic rings. The number of hydrogen-bond donors (Lipinski definition) is 2. The summed E-state index contributed by atoms with van der Waals surface area (Å²) in [6, 6.07) is -0.242. The van der Waals surface area contributed by atoms with E-state index in [9.17, 15) is 22.8 Å². The summed E-state index contributed by atoms with van der Waals surface area (Å²) in [5.74, 6) is -5.74. The highest BCUT2D eigenvalue weighted by Gasteiger charge is 2.24. The van der Waals surface area contributed by atoms with E-state index < -0.39 is 40.9 Å². The molecular weight excluding hydrogens is 321 g/mol. The van der Waals surface area contributed by atoms with E-state index in [4.69, 9.17) is 5.73 Å². The molecule has 0 bridgehead atoms. The number of unbranched alkanes of at least 4 members (excludes halogenated alkanes) is 4. The Morgan fingerprint density at radius 1 is 1.12 bits per heavy atom. The van der Waals surface area contributed by atoms with Crippen LogP contribution in [-0.4, -0.2) is 17.9 Å². The number of rotatable bonds is 10. The summed E-state index contributed by atoms with van der Waals surface area (Å²) in [6.07, 6.45) is 6.35. The van der Waals surface area contributed by atoms with Crippen molar-refractivity contribution in [1.82, 2.24) is 5.32 Å². The van der Waals surface area contributed by atoms with Gasteiger partial charge in [0.05, 0.1) is 0 Å². The van der Waals surface area contributed by atoms with Gasteiger partial charge >= 0.3 is 0 Å². The highest BCUT2D eigenvalue weighted by atomic mass is 19.1. The molecule has 24 heavy (non-hydrogen) atoms. The maximum Gasteiger partial charge on any atom is 0.257 e. The van der Waals surface area contributed by atoms with Gasteiger partial charge < -0.3 is 11.1 Å². The quantitative estimate of drug-likeness (QED) is 0.506. The molecule has 1 atom stereocenters. The summed E-state index contributed by atoms with van der Waals surface area (Å²) in [7, 11) is 0. The van der Waals surface area contributed by atoms with Crippen molar-refractivity contribution in [2.45, 2.75) is 44.6 Å². The molecule has 0 aliphatic heterocycles. The van der Waals surface area contributed by atoms with Gasteiger partial charge in [0.1, 0.15) is 29.1 Å². The molecule has 0 saturated heterocycles. The fraction of sp³-hybridized carbons (Fsp3) is 0.412. The summed E-state index contributed by atoms with van der Waals surface area (Å²) < 4.78 is 40.0. The van der Waals surface area contributed by atoms with Crippen molar-refractivity contribution >= 4 is 11.8 Å². The Morgan fingerprint density at radius 3 is 2.25 bits per heavy atom. The van der Waals surface area contributed by atoms with Gasteiger partial charge in [-0.1, -0.05) is 25.3 Å². The van der Waals surface area contributed by atoms with Gasteiger partial charge in [0, 0.05) is 12.1 Å². The molecule has 0 aromatic heterocycles. The number of amides is 2. The predicted octanol–water partition coefficient (Wildman–Crippen LogP) is 3.21. The Morgan fingerprint density at radius 2 is 1.71 bits per heavy atom. The van der Waals surface area contributed by atoms with Crippen LogP contribution in [0.1, 0.15) is 48.9 Å². The van der Waals surface area contributed by atoms with Crippen LogP contribution in [0.3, 0.4) is 0 Å². The van der Waals surface area contributed by atoms with E-state index in [0.717, 1.165) is 25.7 Å². The fourth-order valence-electron chi connectivity index (χ4n) is 2.27. The van der Waals surface area contributed by atoms with Crippen LogP contribution in [0.4, 0.5) is 13.2 Å². The average molecular weight is 342 g/mol. The minimum absolute atomic E-state index is 0.263. The molecule has 0 unspecified atom stereocenters. The Kier molecular flexibility index (Phi) is 8.01. The van der Waals surface area contributed by atoms with E-state index in [2.05, 4.69) is 11.9 Å². The van der Waals surface area contributed by atoms with Gasteiger partial charge in [0.25, 0.3) is 5.91 Å². The standard InChI is InChI=1S/C17H21F3N2O2/c1-2-3-4-5-6-7-8-14(16(21)23)22-17(24)15-12(19)9-11(18)10-13(15)20/h2,9-10,14H,1,3-8H2,(H2,21,23)(H,22,24)/t14-/m0/s1. The van der Waals surface area contributed by atoms with Gasteiger partial charge in [0.2, 0.25) is 5.91 Å². The van der Waals surface area contributed by atoms with Crippen molar-refractivity contribution in [1.29, 1.82) is 0 Å². The zero-order chi connectivity index (χ0) is 18.1. The monoisotopic (exact) mass is 342 g/mol. The molecule has 0 saturated carbocycles. The molecule has 0 fully saturated rings. The summed E-state index contributed by atoms with van der Waals surface area (Å²) >= 11 is 0. The summed E-state index contributed by atoms with van der Waals surface area (Å²) in [6.45, 7) is 3.62. The lowest BCUT2D eigenvalue weighted by molar-refractivity contribution is -0.120. The average Bonchev–Trinajstić information content (AvgIpc) is 2.48. The number of allylic oxidation sites excluding steroid dienone is 1. The van der Waals surface area contributed by atoms with Crippen LogP contribution in [0.15, 0.2) is 24.8 Å². The van der Waals surface area contributed by atoms with Gasteiger partial charge in [-0.3, -0.25) is 9.59 Å². The number of carbonyl (C=O) groups excluding carboxylic acids is 2. The Bertz CT molecular complexity index is 582. The van der Waals surface area contributed by atoms with E-state index in [0.29, 0.717) is 18.6 Å². The minimum Gasteiger partial charge on any atom is -0.368 e. The first-order valence-electron chi connectivity index (χ1n) is 7.72. The van der Waals surface area contributed by atoms with Crippen molar-refractivity contribution in [3.05, 3.63) is 47.8 Å². The van der Waals surface area contributed by atoms with Crippen LogP contribution < -0.4 is 11.1 Å². The second-order valence-electron chi connectivity index (χ2n) is 5.45. The van der Waals surface area contributed by atoms with Crippen LogP contribution in [0.5, 0.6) is 0 Å². The van der Waals surface area contributed by atoms with Gasteiger partial charge in [-0.25, -0.2) is 13.2 Å². The summed E-state index contributed by atoms with van der Waals surface area (Å²) in [5, 5.41) is 2.20. The highest BCUT2D eigenvalue weighted by molar-refractivity contribution is 5.97. The Hall–Kier alpha value is -2.31. The number of benzene rings is 1. The first-order chi connectivity index (χ1) is 11.4. The van der Waals surface area contributed by atoms with Crippen LogP contribution >= 0.6 is 0 Å². The predicted molar refractivity (Wildman–Crippen MR) is 84.7 cm³/mol. The molecule has 0 heterocycles. The third-order valence-electron chi connectivity index (χ3n) is 3.53. The van der Waals surface area contributed by atoms with Gasteiger partial charge in [-0.05, 0) is 19.3 Å². The van der Waals surface area contributed by atoms with Crippen molar-refractivity contribution in [3.63, 3.8) is 0 Å². The largest absolute Gasteiger partial charge is 0.368 e. The van der Waals surface area contributed by atoms with Gasteiger partial charge in [0.15, 0.2) is 0 Å². The summed E-state index contributed by atoms with van der Waals surface area (Å²) in [5.41, 5.74) is 4.27. The molecule has 132 valence electrons. The number of nitrogens with one attached hydrogen (secondary N) is 1. The molecule has 4 nitrogen and oxygen atoms in total. The zero-order valence-corrected chi connectivity index (χ0v) is 13.3. The van der Waals surface area contributed by atoms with E-state index in [1.807, 2.05) is 6.08 Å². The summed E-state index contributed by atoms with van der Waals surface area (Å²) in [4.78, 5) is 23.4. The van der Waals surface area contributed by atoms with Crippen LogP contribution in [0.25, 0.3) is 0 Å².